The second kappa shape index (κ2) is 8.27. The van der Waals surface area contributed by atoms with Crippen LogP contribution in [0.3, 0.4) is 0 Å². The molecule has 5 nitrogen and oxygen atoms in total. The molecule has 1 heterocycles. The molecule has 0 bridgehead atoms. The summed E-state index contributed by atoms with van der Waals surface area (Å²) in [6, 6.07) is 12.4. The number of fused-ring (bicyclic) bond motifs is 1. The zero-order valence-electron chi connectivity index (χ0n) is 13.8. The average molecular weight is 381 g/mol. The summed E-state index contributed by atoms with van der Waals surface area (Å²) in [6.07, 6.45) is 0. The van der Waals surface area contributed by atoms with Crippen LogP contribution in [0, 0.1) is 6.92 Å². The van der Waals surface area contributed by atoms with Crippen LogP contribution in [0.4, 0.5) is 5.69 Å². The second-order valence-corrected chi connectivity index (χ2v) is 6.06. The summed E-state index contributed by atoms with van der Waals surface area (Å²) < 4.78 is 0. The van der Waals surface area contributed by atoms with Gasteiger partial charge in [-0.25, -0.2) is 0 Å². The molecule has 0 atom stereocenters. The molecule has 130 valence electrons. The van der Waals surface area contributed by atoms with E-state index in [9.17, 15) is 14.7 Å². The Hall–Kier alpha value is -1.79. The van der Waals surface area contributed by atoms with E-state index >= 15 is 0 Å². The number of amides is 1. The Labute approximate surface area is 177 Å². The predicted octanol–water partition coefficient (Wildman–Crippen LogP) is 3.21. The number of aromatic nitrogens is 1. The van der Waals surface area contributed by atoms with Gasteiger partial charge in [0, 0.05) is 12.2 Å². The van der Waals surface area contributed by atoms with E-state index in [1.54, 1.807) is 50.2 Å². The Morgan fingerprint density at radius 3 is 2.46 bits per heavy atom. The van der Waals surface area contributed by atoms with Gasteiger partial charge in [0.05, 0.1) is 15.9 Å². The average Bonchev–Trinajstić information content (AvgIpc) is 2.59. The number of anilines is 1. The fourth-order valence-corrected chi connectivity index (χ4v) is 3.07. The van der Waals surface area contributed by atoms with E-state index in [0.29, 0.717) is 22.8 Å². The Morgan fingerprint density at radius 1 is 1.19 bits per heavy atom. The minimum atomic E-state index is -0.649. The summed E-state index contributed by atoms with van der Waals surface area (Å²) in [5.74, 6) is -0.973. The number of nitrogens with zero attached hydrogens (tertiary/aromatic N) is 1. The molecule has 0 saturated carbocycles. The van der Waals surface area contributed by atoms with Gasteiger partial charge in [0.2, 0.25) is 0 Å². The first-order chi connectivity index (χ1) is 12.0. The molecule has 0 fully saturated rings. The van der Waals surface area contributed by atoms with Gasteiger partial charge in [-0.3, -0.25) is 9.59 Å². The van der Waals surface area contributed by atoms with Gasteiger partial charge in [-0.1, -0.05) is 35.9 Å². The first-order valence-corrected chi connectivity index (χ1v) is 8.24. The molecule has 3 rings (SSSR count). The third kappa shape index (κ3) is 3.53. The van der Waals surface area contributed by atoms with Crippen molar-refractivity contribution < 1.29 is 9.90 Å². The molecule has 1 amide bonds. The molecular formula is C19H18ClN2NaO3. The van der Waals surface area contributed by atoms with Crippen LogP contribution in [0.15, 0.2) is 47.3 Å². The first kappa shape index (κ1) is 20.5. The third-order valence-corrected chi connectivity index (χ3v) is 4.61. The van der Waals surface area contributed by atoms with Crippen molar-refractivity contribution in [2.24, 2.45) is 0 Å². The number of hydrogen-bond donors (Lipinski definition) is 2. The van der Waals surface area contributed by atoms with Crippen LogP contribution in [0.1, 0.15) is 22.8 Å². The van der Waals surface area contributed by atoms with Crippen LogP contribution in [-0.2, 0) is 0 Å². The van der Waals surface area contributed by atoms with Crippen molar-refractivity contribution in [2.75, 3.05) is 11.4 Å². The Morgan fingerprint density at radius 2 is 1.85 bits per heavy atom. The monoisotopic (exact) mass is 380 g/mol. The zero-order chi connectivity index (χ0) is 18.1. The van der Waals surface area contributed by atoms with E-state index in [0.717, 1.165) is 5.56 Å². The first-order valence-electron chi connectivity index (χ1n) is 7.86. The van der Waals surface area contributed by atoms with Gasteiger partial charge in [-0.05, 0) is 37.6 Å². The minimum absolute atomic E-state index is 0. The van der Waals surface area contributed by atoms with E-state index in [2.05, 4.69) is 4.98 Å². The number of carbonyl (C=O) groups is 1. The number of H-pyrrole nitrogens is 1. The standard InChI is InChI=1S/C19H17ClN2O3.Na.H/c1-3-22(12-7-5-4-6-8-12)19(25)15-17(23)14-13(21-18(15)24)10-9-11(2)16(14)20;;/h4-10H,3H2,1-2H3,(H2,21,23,24);;. The summed E-state index contributed by atoms with van der Waals surface area (Å²) in [7, 11) is 0. The number of carbonyl (C=O) groups excluding carboxylic acids is 1. The van der Waals surface area contributed by atoms with Crippen LogP contribution >= 0.6 is 11.6 Å². The van der Waals surface area contributed by atoms with Crippen LogP contribution in [0.2, 0.25) is 5.02 Å². The van der Waals surface area contributed by atoms with Crippen LogP contribution in [0.25, 0.3) is 10.9 Å². The molecule has 0 spiro atoms. The Bertz CT molecular complexity index is 1020. The van der Waals surface area contributed by atoms with Gasteiger partial charge in [0.25, 0.3) is 11.5 Å². The van der Waals surface area contributed by atoms with Crippen molar-refractivity contribution >= 4 is 63.7 Å². The molecule has 7 heteroatoms. The Balaban J connectivity index is 0.00000243. The molecule has 2 N–H and O–H groups in total. The molecule has 3 aromatic rings. The number of aromatic amines is 1. The van der Waals surface area contributed by atoms with Crippen molar-refractivity contribution in [1.82, 2.24) is 4.98 Å². The normalized spacial score (nSPS) is 10.4. The summed E-state index contributed by atoms with van der Waals surface area (Å²) in [4.78, 5) is 29.5. The molecule has 1 aromatic heterocycles. The zero-order valence-corrected chi connectivity index (χ0v) is 14.6. The molecule has 0 radical (unpaired) electrons. The summed E-state index contributed by atoms with van der Waals surface area (Å²) in [5.41, 5.74) is 0.807. The number of halogens is 1. The second-order valence-electron chi connectivity index (χ2n) is 5.68. The summed E-state index contributed by atoms with van der Waals surface area (Å²) in [6.45, 7) is 3.94. The third-order valence-electron chi connectivity index (χ3n) is 4.13. The van der Waals surface area contributed by atoms with Crippen LogP contribution in [0.5, 0.6) is 5.75 Å². The van der Waals surface area contributed by atoms with E-state index in [-0.39, 0.29) is 40.5 Å². The van der Waals surface area contributed by atoms with Gasteiger partial charge >= 0.3 is 29.6 Å². The topological polar surface area (TPSA) is 73.4 Å². The van der Waals surface area contributed by atoms with Gasteiger partial charge in [0.15, 0.2) is 0 Å². The molecule has 0 aliphatic carbocycles. The maximum absolute atomic E-state index is 13.0. The van der Waals surface area contributed by atoms with Crippen molar-refractivity contribution in [3.63, 3.8) is 0 Å². The molecule has 2 aromatic carbocycles. The predicted molar refractivity (Wildman–Crippen MR) is 107 cm³/mol. The molecule has 0 saturated heterocycles. The summed E-state index contributed by atoms with van der Waals surface area (Å²) >= 11 is 6.28. The fourth-order valence-electron chi connectivity index (χ4n) is 2.82. The molecule has 0 unspecified atom stereocenters. The number of hydrogen-bond acceptors (Lipinski definition) is 3. The number of pyridine rings is 1. The van der Waals surface area contributed by atoms with Gasteiger partial charge < -0.3 is 15.0 Å². The number of rotatable bonds is 3. The molecule has 0 aliphatic heterocycles. The van der Waals surface area contributed by atoms with Gasteiger partial charge in [0.1, 0.15) is 11.3 Å². The number of aromatic hydroxyl groups is 1. The quantitative estimate of drug-likeness (QED) is 0.685. The van der Waals surface area contributed by atoms with Gasteiger partial charge in [-0.2, -0.15) is 0 Å². The van der Waals surface area contributed by atoms with Crippen molar-refractivity contribution in [1.29, 1.82) is 0 Å². The van der Waals surface area contributed by atoms with Gasteiger partial charge in [-0.15, -0.1) is 0 Å². The SMILES string of the molecule is CCN(C(=O)c1c(O)c2c(Cl)c(C)ccc2[nH]c1=O)c1ccccc1.[NaH]. The fraction of sp³-hybridized carbons (Fsp3) is 0.158. The maximum atomic E-state index is 13.0. The Kier molecular flexibility index (Phi) is 6.53. The molecule has 26 heavy (non-hydrogen) atoms. The van der Waals surface area contributed by atoms with Crippen molar-refractivity contribution in [3.05, 3.63) is 69.0 Å². The van der Waals surface area contributed by atoms with Crippen LogP contribution in [-0.4, -0.2) is 52.1 Å². The van der Waals surface area contributed by atoms with Crippen molar-refractivity contribution in [3.8, 4) is 5.75 Å². The van der Waals surface area contributed by atoms with E-state index < -0.39 is 17.2 Å². The number of nitrogens with one attached hydrogen (secondary N) is 1. The van der Waals surface area contributed by atoms with Crippen molar-refractivity contribution in [2.45, 2.75) is 13.8 Å². The van der Waals surface area contributed by atoms with E-state index in [4.69, 9.17) is 11.6 Å². The number of aryl methyl sites for hydroxylation is 1. The van der Waals surface area contributed by atoms with Crippen LogP contribution < -0.4 is 10.5 Å². The summed E-state index contributed by atoms with van der Waals surface area (Å²) in [5, 5.41) is 11.2. The number of para-hydroxylation sites is 1. The van der Waals surface area contributed by atoms with E-state index in [1.165, 1.54) is 4.90 Å². The molecule has 0 aliphatic rings. The molecular weight excluding hydrogens is 363 g/mol. The van der Waals surface area contributed by atoms with E-state index in [1.807, 2.05) is 6.07 Å². The number of benzene rings is 2.